The highest BCUT2D eigenvalue weighted by Crippen LogP contribution is 2.36. The molecule has 3 N–H and O–H groups in total. The number of piperazine rings is 1. The molecule has 372 valence electrons. The van der Waals surface area contributed by atoms with Gasteiger partial charge < -0.3 is 20.4 Å². The number of hydrogen-bond donors (Lipinski definition) is 3. The van der Waals surface area contributed by atoms with E-state index in [-0.39, 0.29) is 75.4 Å². The van der Waals surface area contributed by atoms with Gasteiger partial charge in [0.25, 0.3) is 11.1 Å². The highest BCUT2D eigenvalue weighted by Gasteiger charge is 2.36. The number of fused-ring (bicyclic) bond motifs is 1. The maximum absolute atomic E-state index is 15.2. The molecule has 1 unspecified atom stereocenters. The molecule has 71 heavy (non-hydrogen) atoms. The number of aromatic nitrogens is 4. The first kappa shape index (κ1) is 47.7. The lowest BCUT2D eigenvalue weighted by atomic mass is 9.80. The number of aryl methyl sites for hydroxylation is 2. The van der Waals surface area contributed by atoms with E-state index < -0.39 is 22.6 Å². The highest BCUT2D eigenvalue weighted by atomic mass is 19.1. The van der Waals surface area contributed by atoms with Crippen LogP contribution in [0.4, 0.5) is 27.4 Å². The Morgan fingerprint density at radius 1 is 0.803 bits per heavy atom. The van der Waals surface area contributed by atoms with Crippen molar-refractivity contribution in [2.24, 2.45) is 24.8 Å². The van der Waals surface area contributed by atoms with Gasteiger partial charge in [0.15, 0.2) is 0 Å². The van der Waals surface area contributed by atoms with Gasteiger partial charge in [0.1, 0.15) is 22.8 Å². The number of anilines is 4. The van der Waals surface area contributed by atoms with E-state index >= 15 is 4.39 Å². The Balaban J connectivity index is 0.742. The normalized spacial score (nSPS) is 21.3. The van der Waals surface area contributed by atoms with E-state index in [1.54, 1.807) is 50.4 Å². The van der Waals surface area contributed by atoms with Gasteiger partial charge in [-0.2, -0.15) is 0 Å². The van der Waals surface area contributed by atoms with Crippen LogP contribution in [0.15, 0.2) is 75.2 Å². The fraction of sp³-hybridized carbons (Fsp3) is 0.472. The van der Waals surface area contributed by atoms with E-state index in [0.29, 0.717) is 87.3 Å². The Morgan fingerprint density at radius 3 is 2.24 bits per heavy atom. The molecule has 10 rings (SSSR count). The van der Waals surface area contributed by atoms with Crippen molar-refractivity contribution < 1.29 is 23.6 Å². The summed E-state index contributed by atoms with van der Waals surface area (Å²) in [7, 11) is 1.50. The molecule has 3 aromatic heterocycles. The first-order chi connectivity index (χ1) is 34.2. The Labute approximate surface area is 410 Å². The SMILES string of the molecule is Cc1ccc(Nc2c3c(=O)n(C4CC4)c(=O)n(-c4cccc(NC(=O)C5CCC(C(=O)N6CCN(CC7CCN(c8cc(C9CCC(=O)NC9=O)ccn8)CC7)CC6)CC5)c4)c3c(C)c(=O)n2C)c(F)c1. The molecule has 1 atom stereocenters. The van der Waals surface area contributed by atoms with Gasteiger partial charge in [-0.15, -0.1) is 0 Å². The predicted octanol–water partition coefficient (Wildman–Crippen LogP) is 5.41. The third-order valence-electron chi connectivity index (χ3n) is 15.5. The van der Waals surface area contributed by atoms with Gasteiger partial charge in [-0.05, 0) is 131 Å². The molecule has 2 aromatic carbocycles. The zero-order valence-corrected chi connectivity index (χ0v) is 40.5. The van der Waals surface area contributed by atoms with Crippen molar-refractivity contribution in [3.8, 4) is 5.69 Å². The molecule has 0 bridgehead atoms. The monoisotopic (exact) mass is 968 g/mol. The molecule has 0 spiro atoms. The van der Waals surface area contributed by atoms with Crippen molar-refractivity contribution in [3.63, 3.8) is 0 Å². The van der Waals surface area contributed by atoms with Gasteiger partial charge in [-0.3, -0.25) is 52.7 Å². The van der Waals surface area contributed by atoms with Gasteiger partial charge in [0.05, 0.1) is 22.8 Å². The van der Waals surface area contributed by atoms with Crippen LogP contribution in [-0.2, 0) is 26.2 Å². The predicted molar refractivity (Wildman–Crippen MR) is 268 cm³/mol. The molecule has 2 aliphatic carbocycles. The minimum absolute atomic E-state index is 0.0593. The number of halogens is 1. The van der Waals surface area contributed by atoms with Crippen molar-refractivity contribution in [1.82, 2.24) is 33.8 Å². The molecule has 6 heterocycles. The number of pyridine rings is 2. The highest BCUT2D eigenvalue weighted by molar-refractivity contribution is 6.01. The fourth-order valence-corrected chi connectivity index (χ4v) is 11.2. The second-order valence-corrected chi connectivity index (χ2v) is 20.3. The number of nitrogens with one attached hydrogen (secondary N) is 3. The van der Waals surface area contributed by atoms with E-state index in [1.165, 1.54) is 32.9 Å². The smallest absolute Gasteiger partial charge is 0.336 e. The zero-order valence-electron chi connectivity index (χ0n) is 40.5. The Kier molecular flexibility index (Phi) is 13.2. The van der Waals surface area contributed by atoms with Crippen LogP contribution in [0.5, 0.6) is 0 Å². The number of amides is 4. The average molecular weight is 969 g/mol. The third-order valence-corrected chi connectivity index (χ3v) is 15.5. The van der Waals surface area contributed by atoms with Gasteiger partial charge in [0, 0.05) is 94.6 Å². The van der Waals surface area contributed by atoms with Crippen molar-refractivity contribution in [2.75, 3.05) is 61.3 Å². The molecule has 5 fully saturated rings. The quantitative estimate of drug-likeness (QED) is 0.144. The van der Waals surface area contributed by atoms with Crippen LogP contribution >= 0.6 is 0 Å². The number of rotatable bonds is 11. The van der Waals surface area contributed by atoms with Crippen molar-refractivity contribution in [1.29, 1.82) is 0 Å². The van der Waals surface area contributed by atoms with Crippen LogP contribution in [0.25, 0.3) is 16.6 Å². The standard InChI is InChI=1S/C53H61FN10O7/c1-31-7-15-42(41(54)27-31)57-47-45-46(32(2)50(68)59(47)3)63(53(71)64(52(45)70)38-12-13-38)39-6-4-5-37(29-39)56-48(66)34-8-10-35(11-9-34)51(69)62-25-23-60(24-26-62)30-33-18-21-61(22-19-33)43-28-36(17-20-55-43)40-14-16-44(65)58-49(40)67/h4-7,15,17,20,27-29,33-35,38,40,57H,8-14,16,18-19,21-26,30H2,1-3H3,(H,56,66)(H,58,65,67). The second-order valence-electron chi connectivity index (χ2n) is 20.3. The van der Waals surface area contributed by atoms with Crippen LogP contribution in [0.2, 0.25) is 0 Å². The number of carbonyl (C=O) groups is 4. The molecule has 3 saturated heterocycles. The second kappa shape index (κ2) is 19.7. The summed E-state index contributed by atoms with van der Waals surface area (Å²) in [6.45, 7) is 9.06. The summed E-state index contributed by atoms with van der Waals surface area (Å²) >= 11 is 0. The number of carbonyl (C=O) groups excluding carboxylic acids is 4. The van der Waals surface area contributed by atoms with Gasteiger partial charge in [0.2, 0.25) is 23.6 Å². The summed E-state index contributed by atoms with van der Waals surface area (Å²) in [5.74, 6) is -0.359. The lowest BCUT2D eigenvalue weighted by Gasteiger charge is -2.40. The lowest BCUT2D eigenvalue weighted by molar-refractivity contribution is -0.139. The molecule has 18 heteroatoms. The third kappa shape index (κ3) is 9.65. The molecule has 3 aliphatic heterocycles. The van der Waals surface area contributed by atoms with Crippen LogP contribution in [0, 0.1) is 37.4 Å². The van der Waals surface area contributed by atoms with Crippen molar-refractivity contribution >= 4 is 57.5 Å². The minimum atomic E-state index is -0.606. The topological polar surface area (TPSA) is 193 Å². The fourth-order valence-electron chi connectivity index (χ4n) is 11.2. The summed E-state index contributed by atoms with van der Waals surface area (Å²) in [6.07, 6.45) is 8.28. The van der Waals surface area contributed by atoms with Crippen molar-refractivity contribution in [2.45, 2.75) is 90.0 Å². The summed E-state index contributed by atoms with van der Waals surface area (Å²) in [5.41, 5.74) is 1.07. The zero-order chi connectivity index (χ0) is 49.7. The summed E-state index contributed by atoms with van der Waals surface area (Å²) in [4.78, 5) is 106. The molecule has 5 aliphatic rings. The molecule has 4 amide bonds. The average Bonchev–Trinajstić information content (AvgIpc) is 4.21. The van der Waals surface area contributed by atoms with Crippen LogP contribution in [0.3, 0.4) is 0 Å². The van der Waals surface area contributed by atoms with Gasteiger partial charge in [-0.1, -0.05) is 12.1 Å². The van der Waals surface area contributed by atoms with E-state index in [2.05, 4.69) is 30.7 Å². The molecule has 2 saturated carbocycles. The number of piperidine rings is 2. The van der Waals surface area contributed by atoms with E-state index in [4.69, 9.17) is 0 Å². The maximum atomic E-state index is 15.2. The molecule has 0 radical (unpaired) electrons. The summed E-state index contributed by atoms with van der Waals surface area (Å²) < 4.78 is 19.0. The summed E-state index contributed by atoms with van der Waals surface area (Å²) in [6, 6.07) is 14.9. The van der Waals surface area contributed by atoms with Crippen LogP contribution in [-0.4, -0.2) is 97.9 Å². The van der Waals surface area contributed by atoms with Crippen LogP contribution < -0.4 is 37.7 Å². The maximum Gasteiger partial charge on any atom is 0.336 e. The molecular formula is C53H61FN10O7. The van der Waals surface area contributed by atoms with E-state index in [0.717, 1.165) is 56.9 Å². The minimum Gasteiger partial charge on any atom is -0.357 e. The first-order valence-electron chi connectivity index (χ1n) is 25.1. The Bertz CT molecular complexity index is 3120. The largest absolute Gasteiger partial charge is 0.357 e. The lowest BCUT2D eigenvalue weighted by Crippen LogP contribution is -2.52. The Hall–Kier alpha value is -6.95. The van der Waals surface area contributed by atoms with E-state index in [9.17, 15) is 33.6 Å². The number of nitrogens with zero attached hydrogens (tertiary/aromatic N) is 7. The van der Waals surface area contributed by atoms with Crippen molar-refractivity contribution in [3.05, 3.63) is 114 Å². The van der Waals surface area contributed by atoms with Gasteiger partial charge in [-0.25, -0.2) is 14.2 Å². The molecule has 17 nitrogen and oxygen atoms in total. The number of benzene rings is 2. The number of imide groups is 1. The van der Waals surface area contributed by atoms with Gasteiger partial charge >= 0.3 is 5.69 Å². The van der Waals surface area contributed by atoms with E-state index in [1.807, 2.05) is 17.0 Å². The summed E-state index contributed by atoms with van der Waals surface area (Å²) in [5, 5.41) is 8.56. The molecular weight excluding hydrogens is 908 g/mol. The Morgan fingerprint density at radius 2 is 1.54 bits per heavy atom. The number of hydrogen-bond acceptors (Lipinski definition) is 11. The first-order valence-corrected chi connectivity index (χ1v) is 25.1. The molecule has 5 aromatic rings. The van der Waals surface area contributed by atoms with Crippen LogP contribution in [0.1, 0.15) is 92.9 Å².